The highest BCUT2D eigenvalue weighted by molar-refractivity contribution is 5.85. The summed E-state index contributed by atoms with van der Waals surface area (Å²) >= 11 is 0. The van der Waals surface area contributed by atoms with E-state index in [1.807, 2.05) is 31.2 Å². The van der Waals surface area contributed by atoms with Crippen molar-refractivity contribution in [2.75, 3.05) is 92.9 Å². The fourth-order valence-corrected chi connectivity index (χ4v) is 4.83. The predicted octanol–water partition coefficient (Wildman–Crippen LogP) is 3.54. The van der Waals surface area contributed by atoms with Crippen molar-refractivity contribution >= 4 is 12.0 Å². The number of alkyl carbamates (subject to hydrolysis) is 1. The highest BCUT2D eigenvalue weighted by atomic mass is 16.6. The summed E-state index contributed by atoms with van der Waals surface area (Å²) in [6, 6.07) is 15.7. The second kappa shape index (κ2) is 21.6. The van der Waals surface area contributed by atoms with E-state index < -0.39 is 12.1 Å². The normalized spacial score (nSPS) is 12.9. The van der Waals surface area contributed by atoms with Crippen LogP contribution in [0.15, 0.2) is 48.5 Å². The van der Waals surface area contributed by atoms with Gasteiger partial charge in [-0.1, -0.05) is 61.9 Å². The van der Waals surface area contributed by atoms with Gasteiger partial charge in [0.15, 0.2) is 0 Å². The van der Waals surface area contributed by atoms with Crippen LogP contribution in [0, 0.1) is 0 Å². The molecule has 0 unspecified atom stereocenters. The Morgan fingerprint density at radius 3 is 1.68 bits per heavy atom. The summed E-state index contributed by atoms with van der Waals surface area (Å²) in [6.45, 7) is 7.77. The van der Waals surface area contributed by atoms with E-state index in [0.29, 0.717) is 85.6 Å². The van der Waals surface area contributed by atoms with Crippen molar-refractivity contribution < 1.29 is 42.7 Å². The van der Waals surface area contributed by atoms with E-state index in [9.17, 15) is 9.59 Å². The molecule has 0 aromatic heterocycles. The lowest BCUT2D eigenvalue weighted by Gasteiger charge is -2.19. The van der Waals surface area contributed by atoms with Crippen LogP contribution in [0.3, 0.4) is 0 Å². The fraction of sp³-hybridized carbons (Fsp3) is 0.576. The van der Waals surface area contributed by atoms with Crippen molar-refractivity contribution in [3.8, 4) is 11.1 Å². The number of nitrogens with one attached hydrogen (secondary N) is 2. The monoisotopic (exact) mass is 616 g/mol. The van der Waals surface area contributed by atoms with E-state index in [2.05, 4.69) is 34.9 Å². The van der Waals surface area contributed by atoms with Gasteiger partial charge in [0.2, 0.25) is 5.91 Å². The molecule has 44 heavy (non-hydrogen) atoms. The maximum atomic E-state index is 12.7. The Morgan fingerprint density at radius 2 is 1.18 bits per heavy atom. The maximum absolute atomic E-state index is 12.7. The SMILES string of the molecule is CCC[C@H](NC(=O)OCC1c2ccccc2-c2ccccc21)C(=O)NCCOCCOCCOCCOCCOCCOC. The zero-order valence-electron chi connectivity index (χ0n) is 26.1. The molecule has 3 rings (SSSR count). The first-order chi connectivity index (χ1) is 21.7. The highest BCUT2D eigenvalue weighted by Crippen LogP contribution is 2.44. The largest absolute Gasteiger partial charge is 0.449 e. The molecular formula is C33H48N2O9. The second-order valence-electron chi connectivity index (χ2n) is 10.2. The molecule has 11 nitrogen and oxygen atoms in total. The van der Waals surface area contributed by atoms with Gasteiger partial charge in [-0.2, -0.15) is 0 Å². The average Bonchev–Trinajstić information content (AvgIpc) is 3.36. The number of fused-ring (bicyclic) bond motifs is 3. The van der Waals surface area contributed by atoms with Crippen LogP contribution in [0.1, 0.15) is 36.8 Å². The highest BCUT2D eigenvalue weighted by Gasteiger charge is 2.29. The van der Waals surface area contributed by atoms with Crippen molar-refractivity contribution in [1.29, 1.82) is 0 Å². The van der Waals surface area contributed by atoms with Crippen molar-refractivity contribution in [2.24, 2.45) is 0 Å². The Bertz CT molecular complexity index is 1050. The van der Waals surface area contributed by atoms with Gasteiger partial charge >= 0.3 is 6.09 Å². The smallest absolute Gasteiger partial charge is 0.407 e. The lowest BCUT2D eigenvalue weighted by molar-refractivity contribution is -0.123. The topological polar surface area (TPSA) is 123 Å². The van der Waals surface area contributed by atoms with Crippen molar-refractivity contribution in [3.05, 3.63) is 59.7 Å². The van der Waals surface area contributed by atoms with Crippen LogP contribution in [0.2, 0.25) is 0 Å². The summed E-state index contributed by atoms with van der Waals surface area (Å²) in [4.78, 5) is 25.4. The summed E-state index contributed by atoms with van der Waals surface area (Å²) in [5, 5.41) is 5.56. The van der Waals surface area contributed by atoms with Crippen LogP contribution in [-0.4, -0.2) is 111 Å². The summed E-state index contributed by atoms with van der Waals surface area (Å²) in [7, 11) is 1.64. The number of hydrogen-bond acceptors (Lipinski definition) is 9. The summed E-state index contributed by atoms with van der Waals surface area (Å²) in [5.41, 5.74) is 4.61. The van der Waals surface area contributed by atoms with E-state index in [1.54, 1.807) is 7.11 Å². The number of carbonyl (C=O) groups is 2. The van der Waals surface area contributed by atoms with E-state index in [4.69, 9.17) is 33.2 Å². The molecule has 0 saturated heterocycles. The lowest BCUT2D eigenvalue weighted by Crippen LogP contribution is -2.47. The molecule has 244 valence electrons. The molecule has 0 spiro atoms. The Labute approximate surface area is 260 Å². The van der Waals surface area contributed by atoms with Gasteiger partial charge in [-0.3, -0.25) is 4.79 Å². The van der Waals surface area contributed by atoms with E-state index in [1.165, 1.54) is 0 Å². The molecule has 11 heteroatoms. The Morgan fingerprint density at radius 1 is 0.705 bits per heavy atom. The van der Waals surface area contributed by atoms with Crippen LogP contribution in [-0.2, 0) is 38.0 Å². The molecule has 2 amide bonds. The van der Waals surface area contributed by atoms with Gasteiger partial charge in [0, 0.05) is 19.6 Å². The molecular weight excluding hydrogens is 568 g/mol. The lowest BCUT2D eigenvalue weighted by atomic mass is 9.98. The zero-order valence-corrected chi connectivity index (χ0v) is 26.1. The summed E-state index contributed by atoms with van der Waals surface area (Å²) in [6.07, 6.45) is 0.632. The minimum atomic E-state index is -0.682. The minimum Gasteiger partial charge on any atom is -0.449 e. The van der Waals surface area contributed by atoms with Crippen LogP contribution in [0.4, 0.5) is 4.79 Å². The number of carbonyl (C=O) groups excluding carboxylic acids is 2. The molecule has 2 aromatic carbocycles. The van der Waals surface area contributed by atoms with Gasteiger partial charge in [-0.05, 0) is 28.7 Å². The molecule has 0 fully saturated rings. The molecule has 0 bridgehead atoms. The standard InChI is InChI=1S/C33H48N2O9/c1-3-8-31(35-33(37)44-25-30-28-11-6-4-9-26(28)27-10-5-7-12-29(27)30)32(36)34-13-14-39-17-18-41-21-22-43-24-23-42-20-19-40-16-15-38-2/h4-7,9-12,30-31H,3,8,13-25H2,1-2H3,(H,34,36)(H,35,37)/t31-/m0/s1. The van der Waals surface area contributed by atoms with Gasteiger partial charge in [-0.25, -0.2) is 4.79 Å². The van der Waals surface area contributed by atoms with Crippen LogP contribution in [0.5, 0.6) is 0 Å². The number of methoxy groups -OCH3 is 1. The first kappa shape index (κ1) is 35.4. The third kappa shape index (κ3) is 12.5. The molecule has 1 aliphatic rings. The number of ether oxygens (including phenoxy) is 7. The van der Waals surface area contributed by atoms with Gasteiger partial charge in [0.05, 0.1) is 72.7 Å². The quantitative estimate of drug-likeness (QED) is 0.171. The molecule has 2 aromatic rings. The molecule has 0 radical (unpaired) electrons. The molecule has 1 aliphatic carbocycles. The Kier molecular flexibility index (Phi) is 17.4. The average molecular weight is 617 g/mol. The fourth-order valence-electron chi connectivity index (χ4n) is 4.83. The summed E-state index contributed by atoms with van der Waals surface area (Å²) in [5.74, 6) is -0.303. The van der Waals surface area contributed by atoms with Crippen LogP contribution < -0.4 is 10.6 Å². The second-order valence-corrected chi connectivity index (χ2v) is 10.2. The van der Waals surface area contributed by atoms with Gasteiger partial charge in [0.25, 0.3) is 0 Å². The first-order valence-electron chi connectivity index (χ1n) is 15.4. The van der Waals surface area contributed by atoms with Gasteiger partial charge in [-0.15, -0.1) is 0 Å². The molecule has 0 saturated carbocycles. The molecule has 2 N–H and O–H groups in total. The maximum Gasteiger partial charge on any atom is 0.407 e. The third-order valence-corrected chi connectivity index (χ3v) is 7.00. The van der Waals surface area contributed by atoms with Crippen molar-refractivity contribution in [1.82, 2.24) is 10.6 Å². The number of benzene rings is 2. The van der Waals surface area contributed by atoms with Gasteiger partial charge < -0.3 is 43.8 Å². The van der Waals surface area contributed by atoms with Crippen molar-refractivity contribution in [2.45, 2.75) is 31.7 Å². The molecule has 0 aliphatic heterocycles. The number of hydrogen-bond donors (Lipinski definition) is 2. The van der Waals surface area contributed by atoms with Crippen molar-refractivity contribution in [3.63, 3.8) is 0 Å². The molecule has 0 heterocycles. The van der Waals surface area contributed by atoms with E-state index in [-0.39, 0.29) is 18.4 Å². The van der Waals surface area contributed by atoms with E-state index >= 15 is 0 Å². The first-order valence-corrected chi connectivity index (χ1v) is 15.4. The number of amides is 2. The Hall–Kier alpha value is -3.06. The Balaban J connectivity index is 1.21. The minimum absolute atomic E-state index is 0.0395. The number of rotatable bonds is 24. The third-order valence-electron chi connectivity index (χ3n) is 7.00. The zero-order chi connectivity index (χ0) is 31.2. The van der Waals surface area contributed by atoms with Crippen LogP contribution >= 0.6 is 0 Å². The molecule has 1 atom stereocenters. The van der Waals surface area contributed by atoms with E-state index in [0.717, 1.165) is 28.7 Å². The summed E-state index contributed by atoms with van der Waals surface area (Å²) < 4.78 is 37.7. The predicted molar refractivity (Wildman–Crippen MR) is 166 cm³/mol. The van der Waals surface area contributed by atoms with Crippen LogP contribution in [0.25, 0.3) is 11.1 Å². The van der Waals surface area contributed by atoms with Gasteiger partial charge in [0.1, 0.15) is 12.6 Å².